The summed E-state index contributed by atoms with van der Waals surface area (Å²) < 4.78 is 0. The molecule has 0 saturated carbocycles. The molecule has 0 spiro atoms. The molecule has 0 amide bonds. The largest absolute Gasteiger partial charge is 1.00 e. The van der Waals surface area contributed by atoms with Crippen molar-refractivity contribution in [1.82, 2.24) is 0 Å². The quantitative estimate of drug-likeness (QED) is 0.471. The van der Waals surface area contributed by atoms with Crippen LogP contribution in [-0.2, 0) is 21.9 Å². The molecule has 0 aliphatic carbocycles. The topological polar surface area (TPSA) is 37.3 Å². The summed E-state index contributed by atoms with van der Waals surface area (Å²) in [5, 5.41) is 7.72. The number of carboxylic acid groups (broad SMARTS) is 1. The molecule has 0 radical (unpaired) electrons. The van der Waals surface area contributed by atoms with Crippen molar-refractivity contribution in [3.05, 3.63) is 6.92 Å². The molecule has 0 unspecified atom stereocenters. The molecule has 0 aliphatic rings. The fourth-order valence-corrected chi connectivity index (χ4v) is 0. The minimum Gasteiger partial charge on any atom is -0.481 e. The maximum absolute atomic E-state index is 9.37. The first-order valence-corrected chi connectivity index (χ1v) is 2.20. The van der Waals surface area contributed by atoms with E-state index < -0.39 is 5.97 Å². The van der Waals surface area contributed by atoms with Crippen LogP contribution < -0.4 is 0 Å². The molecule has 8 heavy (non-hydrogen) atoms. The normalized spacial score (nSPS) is 5.38. The minimum atomic E-state index is -0.745. The van der Waals surface area contributed by atoms with Crippen LogP contribution in [0.5, 0.6) is 0 Å². The van der Waals surface area contributed by atoms with Gasteiger partial charge in [-0.15, -0.1) is 0 Å². The third-order valence-electron chi connectivity index (χ3n) is 0.302. The summed E-state index contributed by atoms with van der Waals surface area (Å²) in [7, 11) is 0. The molecule has 0 atom stereocenters. The Morgan fingerprint density at radius 2 is 1.75 bits per heavy atom. The molecule has 0 fully saturated rings. The summed E-state index contributed by atoms with van der Waals surface area (Å²) in [6, 6.07) is 0. The van der Waals surface area contributed by atoms with Gasteiger partial charge in [0.15, 0.2) is 0 Å². The van der Waals surface area contributed by atoms with Crippen LogP contribution in [0.25, 0.3) is 0 Å². The van der Waals surface area contributed by atoms with E-state index in [-0.39, 0.29) is 23.5 Å². The van der Waals surface area contributed by atoms with Crippen LogP contribution in [0.1, 0.15) is 20.3 Å². The van der Waals surface area contributed by atoms with Crippen LogP contribution in [0.15, 0.2) is 0 Å². The van der Waals surface area contributed by atoms with E-state index in [9.17, 15) is 4.79 Å². The molecule has 2 nitrogen and oxygen atoms in total. The Balaban J connectivity index is -0.0000000750. The van der Waals surface area contributed by atoms with Gasteiger partial charge < -0.3 is 12.0 Å². The number of carboxylic acids is 1. The van der Waals surface area contributed by atoms with Crippen LogP contribution in [0, 0.1) is 6.92 Å². The fraction of sp³-hybridized carbons (Fsp3) is 0.600. The first kappa shape index (κ1) is 15.7. The predicted octanol–water partition coefficient (Wildman–Crippen LogP) is 1.32. The van der Waals surface area contributed by atoms with E-state index in [0.29, 0.717) is 0 Å². The number of hydrogen-bond acceptors (Lipinski definition) is 1. The van der Waals surface area contributed by atoms with Crippen molar-refractivity contribution >= 4 is 5.97 Å². The fourth-order valence-electron chi connectivity index (χ4n) is 0. The van der Waals surface area contributed by atoms with Gasteiger partial charge in [0.25, 0.3) is 0 Å². The molecule has 0 rings (SSSR count). The minimum absolute atomic E-state index is 0. The number of carbonyl (C=O) groups is 1. The molecule has 3 heteroatoms. The maximum atomic E-state index is 9.37. The van der Waals surface area contributed by atoms with Gasteiger partial charge in [0.2, 0.25) is 0 Å². The van der Waals surface area contributed by atoms with Gasteiger partial charge in [0.1, 0.15) is 0 Å². The van der Waals surface area contributed by atoms with E-state index in [2.05, 4.69) is 6.92 Å². The van der Waals surface area contributed by atoms with Crippen molar-refractivity contribution in [2.45, 2.75) is 20.3 Å². The first-order valence-electron chi connectivity index (χ1n) is 2.20. The molecular weight excluding hydrogens is 156 g/mol. The van der Waals surface area contributed by atoms with E-state index in [4.69, 9.17) is 5.11 Å². The Labute approximate surface area is 60.8 Å². The molecule has 0 saturated heterocycles. The molecule has 0 aromatic heterocycles. The van der Waals surface area contributed by atoms with Crippen molar-refractivity contribution in [3.8, 4) is 0 Å². The Hall–Kier alpha value is -0.0105. The molecule has 0 bridgehead atoms. The summed E-state index contributed by atoms with van der Waals surface area (Å²) >= 11 is 0. The third-order valence-corrected chi connectivity index (χ3v) is 0.302. The van der Waals surface area contributed by atoms with Crippen LogP contribution >= 0.6 is 0 Å². The smallest absolute Gasteiger partial charge is 0.481 e. The van der Waals surface area contributed by atoms with Crippen molar-refractivity contribution in [2.75, 3.05) is 0 Å². The van der Waals surface area contributed by atoms with E-state index in [1.165, 1.54) is 0 Å². The van der Waals surface area contributed by atoms with Crippen molar-refractivity contribution in [1.29, 1.82) is 0 Å². The average molecular weight is 167 g/mol. The van der Waals surface area contributed by atoms with Crippen molar-refractivity contribution in [2.24, 2.45) is 0 Å². The van der Waals surface area contributed by atoms with Crippen molar-refractivity contribution < 1.29 is 27.0 Å². The Bertz CT molecular complexity index is 45.7. The van der Waals surface area contributed by atoms with Gasteiger partial charge in [0.05, 0.1) is 0 Å². The monoisotopic (exact) mass is 166 g/mol. The van der Waals surface area contributed by atoms with Gasteiger partial charge in [0, 0.05) is 6.42 Å². The number of hydrogen-bond donors (Lipinski definition) is 1. The zero-order chi connectivity index (χ0) is 6.28. The second-order valence-electron chi connectivity index (χ2n) is 0.747. The van der Waals surface area contributed by atoms with Crippen molar-refractivity contribution in [3.63, 3.8) is 0 Å². The zero-order valence-electron chi connectivity index (χ0n) is 5.07. The van der Waals surface area contributed by atoms with Gasteiger partial charge in [-0.2, -0.15) is 6.92 Å². The molecule has 0 aromatic rings. The second-order valence-corrected chi connectivity index (χ2v) is 0.747. The summed E-state index contributed by atoms with van der Waals surface area (Å²) in [5.74, 6) is -0.745. The van der Waals surface area contributed by atoms with Gasteiger partial charge >= 0.3 is 23.0 Å². The molecule has 1 N–H and O–H groups in total. The Kier molecular flexibility index (Phi) is 30.9. The Morgan fingerprint density at radius 1 is 1.62 bits per heavy atom. The Morgan fingerprint density at radius 3 is 1.75 bits per heavy atom. The molecule has 0 aromatic carbocycles. The third kappa shape index (κ3) is 37.7. The maximum Gasteiger partial charge on any atom is 1.00 e. The molecular formula is C5H11CuO2. The zero-order valence-corrected chi connectivity index (χ0v) is 6.01. The first-order chi connectivity index (χ1) is 3.27. The van der Waals surface area contributed by atoms with Crippen LogP contribution in [0.3, 0.4) is 0 Å². The van der Waals surface area contributed by atoms with E-state index in [1.54, 1.807) is 13.8 Å². The summed E-state index contributed by atoms with van der Waals surface area (Å²) in [6.45, 7) is 6.60. The van der Waals surface area contributed by atoms with Gasteiger partial charge in [-0.3, -0.25) is 4.79 Å². The SMILES string of the molecule is CCC(=O)O.[CH2-]C.[Cu+]. The molecule has 0 heterocycles. The van der Waals surface area contributed by atoms with Gasteiger partial charge in [-0.25, -0.2) is 0 Å². The number of aliphatic carboxylic acids is 1. The molecule has 0 aliphatic heterocycles. The van der Waals surface area contributed by atoms with Crippen LogP contribution in [0.4, 0.5) is 0 Å². The summed E-state index contributed by atoms with van der Waals surface area (Å²) in [4.78, 5) is 9.37. The van der Waals surface area contributed by atoms with Crippen LogP contribution in [0.2, 0.25) is 0 Å². The molecule has 54 valence electrons. The average Bonchev–Trinajstić information content (AvgIpc) is 1.73. The van der Waals surface area contributed by atoms with E-state index in [1.807, 2.05) is 0 Å². The standard InChI is InChI=1S/C3H6O2.C2H5.Cu/c1-2-3(4)5;1-2;/h2H2,1H3,(H,4,5);1H2,2H3;/q;-1;+1. The van der Waals surface area contributed by atoms with Gasteiger partial charge in [-0.05, 0) is 0 Å². The number of rotatable bonds is 1. The van der Waals surface area contributed by atoms with Crippen LogP contribution in [-0.4, -0.2) is 11.1 Å². The van der Waals surface area contributed by atoms with Gasteiger partial charge in [-0.1, -0.05) is 6.92 Å². The van der Waals surface area contributed by atoms with E-state index >= 15 is 0 Å². The van der Waals surface area contributed by atoms with E-state index in [0.717, 1.165) is 0 Å². The predicted molar refractivity (Wildman–Crippen MR) is 29.0 cm³/mol. The summed E-state index contributed by atoms with van der Waals surface area (Å²) in [5.41, 5.74) is 0. The summed E-state index contributed by atoms with van der Waals surface area (Å²) in [6.07, 6.45) is 0.222. The second kappa shape index (κ2) is 15.8.